The Labute approximate surface area is 89.1 Å². The number of rotatable bonds is 1. The first-order valence-corrected chi connectivity index (χ1v) is 4.72. The number of nitrogen functional groups attached to an aromatic ring is 1. The molecule has 1 aliphatic rings. The highest BCUT2D eigenvalue weighted by Crippen LogP contribution is 2.18. The average Bonchev–Trinajstić information content (AvgIpc) is 2.49. The number of hydrogen-bond donors (Lipinski definition) is 2. The van der Waals surface area contributed by atoms with Gasteiger partial charge in [-0.15, -0.1) is 0 Å². The van der Waals surface area contributed by atoms with Crippen LogP contribution in [0, 0.1) is 6.92 Å². The minimum absolute atomic E-state index is 0.768. The van der Waals surface area contributed by atoms with Crippen molar-refractivity contribution < 1.29 is 0 Å². The molecule has 0 aliphatic carbocycles. The van der Waals surface area contributed by atoms with Gasteiger partial charge in [-0.1, -0.05) is 6.58 Å². The molecule has 4 heteroatoms. The predicted octanol–water partition coefficient (Wildman–Crippen LogP) is 1.25. The first-order chi connectivity index (χ1) is 7.09. The third-order valence-corrected chi connectivity index (χ3v) is 2.50. The van der Waals surface area contributed by atoms with E-state index in [1.807, 2.05) is 37.1 Å². The van der Waals surface area contributed by atoms with Crippen molar-refractivity contribution in [3.05, 3.63) is 41.7 Å². The highest BCUT2D eigenvalue weighted by molar-refractivity contribution is 6.02. The van der Waals surface area contributed by atoms with Crippen LogP contribution in [0.25, 0.3) is 0 Å². The Morgan fingerprint density at radius 2 is 2.20 bits per heavy atom. The third-order valence-electron chi connectivity index (χ3n) is 2.50. The van der Waals surface area contributed by atoms with Crippen molar-refractivity contribution in [2.75, 3.05) is 12.8 Å². The summed E-state index contributed by atoms with van der Waals surface area (Å²) in [5, 5.41) is 4.21. The molecular formula is C11H14N4. The molecule has 4 nitrogen and oxygen atoms in total. The standard InChI is InChI=1S/C11H14N4/c1-7-6-9(12)4-5-10(7)11-14-13-8(2)15(11)3/h4-6,13H,2,12H2,1,3H3. The summed E-state index contributed by atoms with van der Waals surface area (Å²) < 4.78 is 0. The van der Waals surface area contributed by atoms with Crippen LogP contribution in [0.3, 0.4) is 0 Å². The fraction of sp³-hybridized carbons (Fsp3) is 0.182. The van der Waals surface area contributed by atoms with Crippen LogP contribution in [-0.4, -0.2) is 17.8 Å². The van der Waals surface area contributed by atoms with Crippen molar-refractivity contribution in [3.8, 4) is 0 Å². The second-order valence-electron chi connectivity index (χ2n) is 3.63. The highest BCUT2D eigenvalue weighted by atomic mass is 15.5. The SMILES string of the molecule is C=C1NN=C(c2ccc(N)cc2C)N1C. The third kappa shape index (κ3) is 1.54. The van der Waals surface area contributed by atoms with Crippen LogP contribution in [-0.2, 0) is 0 Å². The van der Waals surface area contributed by atoms with E-state index in [4.69, 9.17) is 5.73 Å². The quantitative estimate of drug-likeness (QED) is 0.674. The molecule has 0 spiro atoms. The van der Waals surface area contributed by atoms with Crippen molar-refractivity contribution in [2.45, 2.75) is 6.92 Å². The first kappa shape index (κ1) is 9.58. The van der Waals surface area contributed by atoms with Crippen LogP contribution in [0.2, 0.25) is 0 Å². The molecule has 1 aromatic carbocycles. The zero-order valence-corrected chi connectivity index (χ0v) is 8.91. The molecule has 15 heavy (non-hydrogen) atoms. The molecule has 0 amide bonds. The molecule has 1 aromatic rings. The Kier molecular flexibility index (Phi) is 2.11. The van der Waals surface area contributed by atoms with E-state index in [0.717, 1.165) is 28.5 Å². The van der Waals surface area contributed by atoms with E-state index >= 15 is 0 Å². The van der Waals surface area contributed by atoms with E-state index in [0.29, 0.717) is 0 Å². The molecule has 0 unspecified atom stereocenters. The van der Waals surface area contributed by atoms with Gasteiger partial charge in [0.05, 0.1) is 0 Å². The van der Waals surface area contributed by atoms with Crippen molar-refractivity contribution in [1.82, 2.24) is 10.3 Å². The summed E-state index contributed by atoms with van der Waals surface area (Å²) in [6.07, 6.45) is 0. The number of aryl methyl sites for hydroxylation is 1. The molecular weight excluding hydrogens is 188 g/mol. The highest BCUT2D eigenvalue weighted by Gasteiger charge is 2.19. The monoisotopic (exact) mass is 202 g/mol. The lowest BCUT2D eigenvalue weighted by atomic mass is 10.1. The lowest BCUT2D eigenvalue weighted by molar-refractivity contribution is 0.618. The molecule has 0 saturated carbocycles. The Hall–Kier alpha value is -1.97. The number of anilines is 1. The van der Waals surface area contributed by atoms with Crippen LogP contribution in [0.1, 0.15) is 11.1 Å². The van der Waals surface area contributed by atoms with E-state index in [1.54, 1.807) is 0 Å². The molecule has 78 valence electrons. The molecule has 1 aliphatic heterocycles. The lowest BCUT2D eigenvalue weighted by Crippen LogP contribution is -2.23. The predicted molar refractivity (Wildman–Crippen MR) is 62.2 cm³/mol. The summed E-state index contributed by atoms with van der Waals surface area (Å²) in [7, 11) is 1.93. The number of benzene rings is 1. The molecule has 0 fully saturated rings. The Balaban J connectivity index is 2.43. The molecule has 0 atom stereocenters. The Bertz CT molecular complexity index is 448. The van der Waals surface area contributed by atoms with E-state index in [-0.39, 0.29) is 0 Å². The second-order valence-corrected chi connectivity index (χ2v) is 3.63. The van der Waals surface area contributed by atoms with Crippen LogP contribution < -0.4 is 11.2 Å². The van der Waals surface area contributed by atoms with Gasteiger partial charge >= 0.3 is 0 Å². The average molecular weight is 202 g/mol. The van der Waals surface area contributed by atoms with Gasteiger partial charge in [0.2, 0.25) is 0 Å². The smallest absolute Gasteiger partial charge is 0.161 e. The molecule has 1 heterocycles. The van der Waals surface area contributed by atoms with Crippen LogP contribution in [0.15, 0.2) is 35.7 Å². The van der Waals surface area contributed by atoms with Crippen molar-refractivity contribution in [3.63, 3.8) is 0 Å². The van der Waals surface area contributed by atoms with E-state index < -0.39 is 0 Å². The normalized spacial score (nSPS) is 15.2. The van der Waals surface area contributed by atoms with Gasteiger partial charge in [-0.25, -0.2) is 0 Å². The van der Waals surface area contributed by atoms with Gasteiger partial charge in [0, 0.05) is 18.3 Å². The summed E-state index contributed by atoms with van der Waals surface area (Å²) in [6, 6.07) is 5.78. The number of nitrogens with one attached hydrogen (secondary N) is 1. The summed E-state index contributed by atoms with van der Waals surface area (Å²) in [5.74, 6) is 1.65. The zero-order valence-electron chi connectivity index (χ0n) is 8.91. The Morgan fingerprint density at radius 3 is 2.73 bits per heavy atom. The van der Waals surface area contributed by atoms with Crippen molar-refractivity contribution in [2.24, 2.45) is 5.10 Å². The van der Waals surface area contributed by atoms with Crippen LogP contribution >= 0.6 is 0 Å². The topological polar surface area (TPSA) is 53.6 Å². The Morgan fingerprint density at radius 1 is 1.47 bits per heavy atom. The summed E-state index contributed by atoms with van der Waals surface area (Å²) in [6.45, 7) is 5.85. The fourth-order valence-electron chi connectivity index (χ4n) is 1.57. The number of amidine groups is 1. The first-order valence-electron chi connectivity index (χ1n) is 4.72. The number of hydrazone groups is 1. The molecule has 0 saturated heterocycles. The second kappa shape index (κ2) is 3.31. The maximum atomic E-state index is 5.70. The summed E-state index contributed by atoms with van der Waals surface area (Å²) >= 11 is 0. The van der Waals surface area contributed by atoms with Crippen molar-refractivity contribution in [1.29, 1.82) is 0 Å². The number of nitrogens with two attached hydrogens (primary N) is 1. The van der Waals surface area contributed by atoms with Gasteiger partial charge < -0.3 is 10.6 Å². The van der Waals surface area contributed by atoms with Gasteiger partial charge in [-0.3, -0.25) is 5.43 Å². The molecule has 0 aromatic heterocycles. The summed E-state index contributed by atoms with van der Waals surface area (Å²) in [4.78, 5) is 1.92. The van der Waals surface area contributed by atoms with Gasteiger partial charge in [0.15, 0.2) is 5.84 Å². The molecule has 0 radical (unpaired) electrons. The maximum absolute atomic E-state index is 5.70. The van der Waals surface area contributed by atoms with E-state index in [1.165, 1.54) is 0 Å². The molecule has 3 N–H and O–H groups in total. The minimum atomic E-state index is 0.768. The largest absolute Gasteiger partial charge is 0.399 e. The molecule has 0 bridgehead atoms. The van der Waals surface area contributed by atoms with Crippen molar-refractivity contribution >= 4 is 11.5 Å². The maximum Gasteiger partial charge on any atom is 0.161 e. The van der Waals surface area contributed by atoms with Gasteiger partial charge in [0.25, 0.3) is 0 Å². The minimum Gasteiger partial charge on any atom is -0.399 e. The van der Waals surface area contributed by atoms with Gasteiger partial charge in [0.1, 0.15) is 5.82 Å². The van der Waals surface area contributed by atoms with Gasteiger partial charge in [-0.2, -0.15) is 5.10 Å². The lowest BCUT2D eigenvalue weighted by Gasteiger charge is -2.15. The van der Waals surface area contributed by atoms with Gasteiger partial charge in [-0.05, 0) is 30.7 Å². The fourth-order valence-corrected chi connectivity index (χ4v) is 1.57. The van der Waals surface area contributed by atoms with E-state index in [9.17, 15) is 0 Å². The van der Waals surface area contributed by atoms with Crippen LogP contribution in [0.4, 0.5) is 5.69 Å². The number of nitrogens with zero attached hydrogens (tertiary/aromatic N) is 2. The summed E-state index contributed by atoms with van der Waals surface area (Å²) in [5.41, 5.74) is 11.5. The van der Waals surface area contributed by atoms with Crippen LogP contribution in [0.5, 0.6) is 0 Å². The molecule has 2 rings (SSSR count). The number of hydrogen-bond acceptors (Lipinski definition) is 4. The zero-order chi connectivity index (χ0) is 11.0. The van der Waals surface area contributed by atoms with E-state index in [2.05, 4.69) is 17.1 Å².